The van der Waals surface area contributed by atoms with Crippen LogP contribution < -0.4 is 5.32 Å². The van der Waals surface area contributed by atoms with Crippen LogP contribution in [-0.4, -0.2) is 25.8 Å². The Morgan fingerprint density at radius 1 is 1.43 bits per heavy atom. The van der Waals surface area contributed by atoms with Gasteiger partial charge in [0.05, 0.1) is 6.61 Å². The summed E-state index contributed by atoms with van der Waals surface area (Å²) in [4.78, 5) is 0. The fourth-order valence-electron chi connectivity index (χ4n) is 1.30. The van der Waals surface area contributed by atoms with Crippen LogP contribution in [0, 0.1) is 12.3 Å². The molecule has 14 heavy (non-hydrogen) atoms. The second-order valence-electron chi connectivity index (χ2n) is 3.41. The Bertz CT molecular complexity index is 143. The molecule has 0 aromatic carbocycles. The summed E-state index contributed by atoms with van der Waals surface area (Å²) in [5.41, 5.74) is 0. The van der Waals surface area contributed by atoms with Crippen LogP contribution in [-0.2, 0) is 4.74 Å². The van der Waals surface area contributed by atoms with Crippen molar-refractivity contribution < 1.29 is 4.74 Å². The van der Waals surface area contributed by atoms with Gasteiger partial charge in [-0.05, 0) is 32.7 Å². The summed E-state index contributed by atoms with van der Waals surface area (Å²) in [5, 5.41) is 3.47. The van der Waals surface area contributed by atoms with Crippen LogP contribution in [0.5, 0.6) is 0 Å². The van der Waals surface area contributed by atoms with Gasteiger partial charge in [-0.25, -0.2) is 0 Å². The maximum atomic E-state index is 5.41. The third kappa shape index (κ3) is 8.10. The molecule has 1 atom stereocenters. The average molecular weight is 197 g/mol. The lowest BCUT2D eigenvalue weighted by molar-refractivity contribution is 0.119. The Morgan fingerprint density at radius 2 is 2.21 bits per heavy atom. The van der Waals surface area contributed by atoms with E-state index in [1.807, 2.05) is 6.92 Å². The highest BCUT2D eigenvalue weighted by atomic mass is 16.5. The van der Waals surface area contributed by atoms with E-state index in [0.717, 1.165) is 45.4 Å². The Kier molecular flexibility index (Phi) is 10.2. The van der Waals surface area contributed by atoms with Crippen molar-refractivity contribution in [2.45, 2.75) is 45.6 Å². The van der Waals surface area contributed by atoms with E-state index >= 15 is 0 Å². The third-order valence-corrected chi connectivity index (χ3v) is 2.08. The molecule has 0 saturated carbocycles. The highest BCUT2D eigenvalue weighted by molar-refractivity contribution is 4.83. The molecular weight excluding hydrogens is 174 g/mol. The van der Waals surface area contributed by atoms with Crippen LogP contribution in [0.4, 0.5) is 0 Å². The molecule has 0 aliphatic heterocycles. The highest BCUT2D eigenvalue weighted by Gasteiger charge is 2.06. The lowest BCUT2D eigenvalue weighted by Crippen LogP contribution is -2.34. The monoisotopic (exact) mass is 197 g/mol. The van der Waals surface area contributed by atoms with Crippen LogP contribution in [0.25, 0.3) is 0 Å². The molecule has 0 bridgehead atoms. The Morgan fingerprint density at radius 3 is 2.79 bits per heavy atom. The maximum Gasteiger partial charge on any atom is 0.0619 e. The summed E-state index contributed by atoms with van der Waals surface area (Å²) in [6, 6.07) is 0.475. The lowest BCUT2D eigenvalue weighted by Gasteiger charge is -2.17. The first kappa shape index (κ1) is 13.5. The van der Waals surface area contributed by atoms with Gasteiger partial charge in [-0.1, -0.05) is 6.92 Å². The first-order valence-corrected chi connectivity index (χ1v) is 5.59. The summed E-state index contributed by atoms with van der Waals surface area (Å²) < 4.78 is 5.41. The number of nitrogens with one attached hydrogen (secondary N) is 1. The molecular formula is C12H23NO. The molecule has 2 heteroatoms. The van der Waals surface area contributed by atoms with Gasteiger partial charge in [0.25, 0.3) is 0 Å². The zero-order chi connectivity index (χ0) is 10.6. The van der Waals surface area contributed by atoms with E-state index in [1.54, 1.807) is 0 Å². The van der Waals surface area contributed by atoms with E-state index in [9.17, 15) is 0 Å². The van der Waals surface area contributed by atoms with Crippen LogP contribution >= 0.6 is 0 Å². The Labute approximate surface area is 88.4 Å². The second kappa shape index (κ2) is 10.6. The summed E-state index contributed by atoms with van der Waals surface area (Å²) in [6.45, 7) is 6.86. The van der Waals surface area contributed by atoms with Crippen molar-refractivity contribution in [3.63, 3.8) is 0 Å². The molecule has 0 rings (SSSR count). The molecule has 0 heterocycles. The lowest BCUT2D eigenvalue weighted by atomic mass is 10.1. The van der Waals surface area contributed by atoms with Gasteiger partial charge >= 0.3 is 0 Å². The molecule has 0 amide bonds. The molecule has 1 unspecified atom stereocenters. The summed E-state index contributed by atoms with van der Waals surface area (Å²) in [6.07, 6.45) is 9.45. The van der Waals surface area contributed by atoms with Gasteiger partial charge in [0.15, 0.2) is 0 Å². The molecule has 0 fully saturated rings. The first-order chi connectivity index (χ1) is 6.85. The minimum atomic E-state index is 0.475. The van der Waals surface area contributed by atoms with E-state index in [-0.39, 0.29) is 0 Å². The van der Waals surface area contributed by atoms with Crippen LogP contribution in [0.15, 0.2) is 0 Å². The molecule has 0 saturated heterocycles. The fraction of sp³-hybridized carbons (Fsp3) is 0.833. The fourth-order valence-corrected chi connectivity index (χ4v) is 1.30. The van der Waals surface area contributed by atoms with E-state index in [2.05, 4.69) is 18.2 Å². The van der Waals surface area contributed by atoms with Crippen molar-refractivity contribution in [3.8, 4) is 12.3 Å². The van der Waals surface area contributed by atoms with E-state index in [1.165, 1.54) is 0 Å². The molecule has 0 aliphatic rings. The molecule has 82 valence electrons. The zero-order valence-corrected chi connectivity index (χ0v) is 9.51. The normalized spacial score (nSPS) is 12.4. The highest BCUT2D eigenvalue weighted by Crippen LogP contribution is 2.01. The number of ether oxygens (including phenoxy) is 1. The Balaban J connectivity index is 3.56. The van der Waals surface area contributed by atoms with Gasteiger partial charge in [-0.3, -0.25) is 0 Å². The first-order valence-electron chi connectivity index (χ1n) is 5.59. The van der Waals surface area contributed by atoms with E-state index in [4.69, 9.17) is 11.2 Å². The van der Waals surface area contributed by atoms with Crippen molar-refractivity contribution in [2.24, 2.45) is 0 Å². The van der Waals surface area contributed by atoms with Crippen LogP contribution in [0.2, 0.25) is 0 Å². The summed E-state index contributed by atoms with van der Waals surface area (Å²) >= 11 is 0. The number of hydrogen-bond acceptors (Lipinski definition) is 2. The largest absolute Gasteiger partial charge is 0.380 e. The van der Waals surface area contributed by atoms with Gasteiger partial charge in [-0.15, -0.1) is 12.3 Å². The molecule has 0 spiro atoms. The zero-order valence-electron chi connectivity index (χ0n) is 9.51. The minimum absolute atomic E-state index is 0.475. The standard InChI is InChI=1S/C12H23NO/c1-4-7-8-9-12(11-14-6-3)13-10-5-2/h1,12-13H,5-11H2,2-3H3. The molecule has 1 N–H and O–H groups in total. The minimum Gasteiger partial charge on any atom is -0.380 e. The summed E-state index contributed by atoms with van der Waals surface area (Å²) in [5.74, 6) is 2.67. The van der Waals surface area contributed by atoms with E-state index < -0.39 is 0 Å². The number of rotatable bonds is 9. The van der Waals surface area contributed by atoms with Gasteiger partial charge in [-0.2, -0.15) is 0 Å². The molecule has 0 radical (unpaired) electrons. The molecule has 0 aromatic heterocycles. The quantitative estimate of drug-likeness (QED) is 0.452. The van der Waals surface area contributed by atoms with Crippen LogP contribution in [0.1, 0.15) is 39.5 Å². The van der Waals surface area contributed by atoms with Crippen molar-refractivity contribution in [3.05, 3.63) is 0 Å². The smallest absolute Gasteiger partial charge is 0.0619 e. The van der Waals surface area contributed by atoms with Gasteiger partial charge in [0, 0.05) is 19.1 Å². The second-order valence-corrected chi connectivity index (χ2v) is 3.41. The maximum absolute atomic E-state index is 5.41. The Hall–Kier alpha value is -0.520. The van der Waals surface area contributed by atoms with Gasteiger partial charge in [0.1, 0.15) is 0 Å². The summed E-state index contributed by atoms with van der Waals surface area (Å²) in [7, 11) is 0. The van der Waals surface area contributed by atoms with Crippen LogP contribution in [0.3, 0.4) is 0 Å². The van der Waals surface area contributed by atoms with Crippen molar-refractivity contribution >= 4 is 0 Å². The molecule has 0 aliphatic carbocycles. The van der Waals surface area contributed by atoms with Gasteiger partial charge in [0.2, 0.25) is 0 Å². The predicted molar refractivity (Wildman–Crippen MR) is 61.3 cm³/mol. The number of terminal acetylenes is 1. The SMILES string of the molecule is C#CCCCC(COCC)NCCC. The number of unbranched alkanes of at least 4 members (excludes halogenated alkanes) is 1. The van der Waals surface area contributed by atoms with E-state index in [0.29, 0.717) is 6.04 Å². The number of hydrogen-bond donors (Lipinski definition) is 1. The predicted octanol–water partition coefficient (Wildman–Crippen LogP) is 2.19. The van der Waals surface area contributed by atoms with Crippen molar-refractivity contribution in [1.82, 2.24) is 5.32 Å². The van der Waals surface area contributed by atoms with Crippen molar-refractivity contribution in [1.29, 1.82) is 0 Å². The third-order valence-electron chi connectivity index (χ3n) is 2.08. The van der Waals surface area contributed by atoms with Gasteiger partial charge < -0.3 is 10.1 Å². The average Bonchev–Trinajstić information content (AvgIpc) is 2.21. The topological polar surface area (TPSA) is 21.3 Å². The molecule has 2 nitrogen and oxygen atoms in total. The molecule has 0 aromatic rings. The van der Waals surface area contributed by atoms with Crippen molar-refractivity contribution in [2.75, 3.05) is 19.8 Å².